The largest absolute Gasteiger partial charge is 0.456 e. The second kappa shape index (κ2) is 7.35. The van der Waals surface area contributed by atoms with Gasteiger partial charge in [-0.2, -0.15) is 0 Å². The summed E-state index contributed by atoms with van der Waals surface area (Å²) in [5.74, 6) is -2.66. The third-order valence-electron chi connectivity index (χ3n) is 4.70. The van der Waals surface area contributed by atoms with E-state index in [0.717, 1.165) is 17.2 Å². The maximum atomic E-state index is 13.9. The van der Waals surface area contributed by atoms with Crippen LogP contribution in [0.1, 0.15) is 21.5 Å². The van der Waals surface area contributed by atoms with Crippen molar-refractivity contribution >= 4 is 28.6 Å². The summed E-state index contributed by atoms with van der Waals surface area (Å²) in [4.78, 5) is 36.2. The van der Waals surface area contributed by atoms with Gasteiger partial charge in [-0.05, 0) is 30.7 Å². The van der Waals surface area contributed by atoms with Crippen LogP contribution >= 0.6 is 0 Å². The van der Waals surface area contributed by atoms with E-state index in [1.807, 2.05) is 31.2 Å². The van der Waals surface area contributed by atoms with Crippen LogP contribution in [0.4, 0.5) is 4.39 Å². The summed E-state index contributed by atoms with van der Waals surface area (Å²) < 4.78 is 20.3. The fraction of sp³-hybridized carbons (Fsp3) is 0.136. The molecule has 1 amide bonds. The Balaban J connectivity index is 1.68. The van der Waals surface area contributed by atoms with E-state index in [0.29, 0.717) is 17.4 Å². The Morgan fingerprint density at radius 3 is 2.62 bits per heavy atom. The Morgan fingerprint density at radius 1 is 1.17 bits per heavy atom. The number of rotatable bonds is 5. The summed E-state index contributed by atoms with van der Waals surface area (Å²) in [6.45, 7) is 2.32. The van der Waals surface area contributed by atoms with Crippen molar-refractivity contribution in [3.8, 4) is 0 Å². The fourth-order valence-corrected chi connectivity index (χ4v) is 3.24. The van der Waals surface area contributed by atoms with Gasteiger partial charge < -0.3 is 14.6 Å². The second-order valence-corrected chi connectivity index (χ2v) is 6.88. The zero-order valence-corrected chi connectivity index (χ0v) is 15.6. The molecule has 1 aliphatic heterocycles. The number of carbonyl (C=O) groups is 3. The summed E-state index contributed by atoms with van der Waals surface area (Å²) in [7, 11) is 0. The van der Waals surface area contributed by atoms with Crippen LogP contribution in [0.2, 0.25) is 0 Å². The number of Topliss-reactive ketones (excluding diaryl/α,β-unsaturated/α-hetero) is 1. The summed E-state index contributed by atoms with van der Waals surface area (Å²) in [6, 6.07) is 11.9. The molecule has 2 heterocycles. The fourth-order valence-electron chi connectivity index (χ4n) is 3.24. The van der Waals surface area contributed by atoms with Crippen LogP contribution in [0.5, 0.6) is 0 Å². The third kappa shape index (κ3) is 3.80. The predicted octanol–water partition coefficient (Wildman–Crippen LogP) is 2.88. The first-order valence-corrected chi connectivity index (χ1v) is 8.97. The number of halogens is 1. The quantitative estimate of drug-likeness (QED) is 0.412. The van der Waals surface area contributed by atoms with E-state index in [9.17, 15) is 18.8 Å². The lowest BCUT2D eigenvalue weighted by molar-refractivity contribution is -0.135. The molecule has 0 aliphatic carbocycles. The number of aryl methyl sites for hydroxylation is 1. The minimum absolute atomic E-state index is 0.0851. The zero-order chi connectivity index (χ0) is 20.5. The molecule has 1 aromatic heterocycles. The van der Waals surface area contributed by atoms with E-state index in [1.54, 1.807) is 10.8 Å². The van der Waals surface area contributed by atoms with E-state index in [2.05, 4.69) is 5.32 Å². The number of carbonyl (C=O) groups excluding carboxylic acids is 3. The molecule has 1 N–H and O–H groups in total. The van der Waals surface area contributed by atoms with Gasteiger partial charge in [0, 0.05) is 24.2 Å². The van der Waals surface area contributed by atoms with Crippen LogP contribution in [0, 0.1) is 12.7 Å². The zero-order valence-electron chi connectivity index (χ0n) is 15.6. The van der Waals surface area contributed by atoms with Crippen molar-refractivity contribution in [2.24, 2.45) is 0 Å². The standard InChI is InChI=1S/C22H17FN2O4/c1-13-2-4-14(5-3-13)10-25-11-18(17-7-6-15(23)8-19(17)25)21(27)22(28)24-16-9-20(26)29-12-16/h2-9,11H,10,12H2,1H3,(H,24,28). The van der Waals surface area contributed by atoms with E-state index < -0.39 is 23.5 Å². The molecule has 7 heteroatoms. The molecular weight excluding hydrogens is 375 g/mol. The van der Waals surface area contributed by atoms with Gasteiger partial charge in [0.15, 0.2) is 0 Å². The number of nitrogens with one attached hydrogen (secondary N) is 1. The number of fused-ring (bicyclic) bond motifs is 1. The van der Waals surface area contributed by atoms with Crippen molar-refractivity contribution in [3.05, 3.63) is 82.9 Å². The van der Waals surface area contributed by atoms with E-state index >= 15 is 0 Å². The van der Waals surface area contributed by atoms with E-state index in [1.165, 1.54) is 18.2 Å². The predicted molar refractivity (Wildman–Crippen MR) is 104 cm³/mol. The monoisotopic (exact) mass is 392 g/mol. The van der Waals surface area contributed by atoms with Crippen molar-refractivity contribution in [1.82, 2.24) is 9.88 Å². The smallest absolute Gasteiger partial charge is 0.333 e. The maximum absolute atomic E-state index is 13.9. The third-order valence-corrected chi connectivity index (χ3v) is 4.70. The van der Waals surface area contributed by atoms with E-state index in [-0.39, 0.29) is 17.9 Å². The summed E-state index contributed by atoms with van der Waals surface area (Å²) >= 11 is 0. The van der Waals surface area contributed by atoms with Gasteiger partial charge in [-0.15, -0.1) is 0 Å². The van der Waals surface area contributed by atoms with Crippen LogP contribution in [0.3, 0.4) is 0 Å². The average Bonchev–Trinajstić information content (AvgIpc) is 3.26. The first-order valence-electron chi connectivity index (χ1n) is 8.97. The Kier molecular flexibility index (Phi) is 4.72. The Bertz CT molecular complexity index is 1180. The molecule has 0 saturated carbocycles. The van der Waals surface area contributed by atoms with Crippen LogP contribution < -0.4 is 5.32 Å². The van der Waals surface area contributed by atoms with Crippen LogP contribution in [-0.4, -0.2) is 28.8 Å². The molecule has 0 unspecified atom stereocenters. The van der Waals surface area contributed by atoms with Gasteiger partial charge in [0.05, 0.1) is 16.8 Å². The first-order chi connectivity index (χ1) is 13.9. The molecule has 0 spiro atoms. The highest BCUT2D eigenvalue weighted by atomic mass is 19.1. The van der Waals surface area contributed by atoms with Crippen molar-refractivity contribution < 1.29 is 23.5 Å². The SMILES string of the molecule is Cc1ccc(Cn2cc(C(=O)C(=O)NC3=CC(=O)OC3)c3ccc(F)cc32)cc1. The Hall–Kier alpha value is -3.74. The van der Waals surface area contributed by atoms with Gasteiger partial charge in [-0.25, -0.2) is 9.18 Å². The molecule has 0 bridgehead atoms. The first kappa shape index (κ1) is 18.6. The number of aromatic nitrogens is 1. The molecule has 0 fully saturated rings. The van der Waals surface area contributed by atoms with Crippen LogP contribution in [0.15, 0.2) is 60.4 Å². The summed E-state index contributed by atoms with van der Waals surface area (Å²) in [5.41, 5.74) is 3.00. The number of benzene rings is 2. The number of ether oxygens (including phenoxy) is 1. The normalized spacial score (nSPS) is 13.3. The molecule has 3 aromatic rings. The molecule has 4 rings (SSSR count). The van der Waals surface area contributed by atoms with Gasteiger partial charge in [-0.3, -0.25) is 9.59 Å². The van der Waals surface area contributed by atoms with Crippen molar-refractivity contribution in [2.75, 3.05) is 6.61 Å². The number of cyclic esters (lactones) is 1. The van der Waals surface area contributed by atoms with Crippen molar-refractivity contribution in [1.29, 1.82) is 0 Å². The van der Waals surface area contributed by atoms with Crippen molar-refractivity contribution in [2.45, 2.75) is 13.5 Å². The molecule has 2 aromatic carbocycles. The molecule has 0 atom stereocenters. The highest BCUT2D eigenvalue weighted by Crippen LogP contribution is 2.24. The lowest BCUT2D eigenvalue weighted by Gasteiger charge is -2.06. The number of amides is 1. The molecule has 6 nitrogen and oxygen atoms in total. The Labute approximate surface area is 165 Å². The van der Waals surface area contributed by atoms with Gasteiger partial charge in [0.1, 0.15) is 12.4 Å². The highest BCUT2D eigenvalue weighted by molar-refractivity contribution is 6.45. The second-order valence-electron chi connectivity index (χ2n) is 6.88. The molecule has 146 valence electrons. The number of hydrogen-bond donors (Lipinski definition) is 1. The van der Waals surface area contributed by atoms with Gasteiger partial charge in [0.2, 0.25) is 0 Å². The minimum atomic E-state index is -0.881. The Morgan fingerprint density at radius 2 is 1.93 bits per heavy atom. The van der Waals surface area contributed by atoms with Gasteiger partial charge >= 0.3 is 5.97 Å². The lowest BCUT2D eigenvalue weighted by Crippen LogP contribution is -2.31. The average molecular weight is 392 g/mol. The number of esters is 1. The molecule has 29 heavy (non-hydrogen) atoms. The maximum Gasteiger partial charge on any atom is 0.333 e. The number of ketones is 1. The van der Waals surface area contributed by atoms with Crippen LogP contribution in [-0.2, 0) is 20.9 Å². The van der Waals surface area contributed by atoms with Gasteiger partial charge in [-0.1, -0.05) is 29.8 Å². The summed E-state index contributed by atoms with van der Waals surface area (Å²) in [5, 5.41) is 2.87. The minimum Gasteiger partial charge on any atom is -0.456 e. The molecule has 0 saturated heterocycles. The topological polar surface area (TPSA) is 77.4 Å². The number of hydrogen-bond acceptors (Lipinski definition) is 4. The lowest BCUT2D eigenvalue weighted by atomic mass is 10.1. The molecular formula is C22H17FN2O4. The van der Waals surface area contributed by atoms with Crippen molar-refractivity contribution in [3.63, 3.8) is 0 Å². The highest BCUT2D eigenvalue weighted by Gasteiger charge is 2.24. The van der Waals surface area contributed by atoms with Crippen LogP contribution in [0.25, 0.3) is 10.9 Å². The summed E-state index contributed by atoms with van der Waals surface area (Å²) in [6.07, 6.45) is 2.68. The molecule has 0 radical (unpaired) electrons. The number of nitrogens with zero attached hydrogens (tertiary/aromatic N) is 1. The van der Waals surface area contributed by atoms with Gasteiger partial charge in [0.25, 0.3) is 11.7 Å². The molecule has 1 aliphatic rings. The van der Waals surface area contributed by atoms with E-state index in [4.69, 9.17) is 4.74 Å².